The smallest absolute Gasteiger partial charge is 0.335 e. The number of hydrogen-bond donors (Lipinski definition) is 0. The van der Waals surface area contributed by atoms with E-state index in [0.717, 1.165) is 23.3 Å². The zero-order chi connectivity index (χ0) is 25.8. The average Bonchev–Trinajstić information content (AvgIpc) is 3.05. The molecule has 2 atom stereocenters. The van der Waals surface area contributed by atoms with Crippen LogP contribution < -0.4 is 4.74 Å². The number of rotatable bonds is 6. The molecule has 2 aliphatic heterocycles. The molecule has 2 unspecified atom stereocenters. The summed E-state index contributed by atoms with van der Waals surface area (Å²) in [6.07, 6.45) is 2.68. The van der Waals surface area contributed by atoms with Gasteiger partial charge in [0.15, 0.2) is 0 Å². The molecule has 0 aromatic heterocycles. The third kappa shape index (κ3) is 5.39. The third-order valence-electron chi connectivity index (χ3n) is 6.71. The molecule has 6 nitrogen and oxygen atoms in total. The Hall–Kier alpha value is -4.04. The van der Waals surface area contributed by atoms with Crippen molar-refractivity contribution in [3.8, 4) is 5.75 Å². The van der Waals surface area contributed by atoms with E-state index in [-0.39, 0.29) is 18.3 Å². The summed E-state index contributed by atoms with van der Waals surface area (Å²) in [4.78, 5) is 27.3. The summed E-state index contributed by atoms with van der Waals surface area (Å²) >= 11 is 0. The lowest BCUT2D eigenvalue weighted by molar-refractivity contribution is -0.326. The molecule has 0 amide bonds. The van der Waals surface area contributed by atoms with Crippen LogP contribution in [0.1, 0.15) is 23.5 Å². The highest BCUT2D eigenvalue weighted by molar-refractivity contribution is 5.93. The van der Waals surface area contributed by atoms with Crippen molar-refractivity contribution in [2.75, 3.05) is 13.2 Å². The maximum atomic E-state index is 13.8. The number of carbonyl (C=O) groups is 2. The standard InChI is InChI=1S/C29H25F2NO5/c30-22-8-6-21(7-9-22)25-16-17-32(18-20-4-2-1-3-5-20)29(36-27(33)14-15-28(34)37-29)26(25)19-35-24-12-10-23(31)11-13-24/h1-15,25-26H,16-19H2. The van der Waals surface area contributed by atoms with Crippen molar-refractivity contribution in [1.29, 1.82) is 0 Å². The van der Waals surface area contributed by atoms with Gasteiger partial charge < -0.3 is 14.2 Å². The lowest BCUT2D eigenvalue weighted by atomic mass is 9.77. The van der Waals surface area contributed by atoms with Crippen LogP contribution in [-0.2, 0) is 25.6 Å². The molecule has 2 aliphatic rings. The fourth-order valence-electron chi connectivity index (χ4n) is 4.97. The van der Waals surface area contributed by atoms with Gasteiger partial charge in [-0.15, -0.1) is 0 Å². The zero-order valence-corrected chi connectivity index (χ0v) is 19.9. The van der Waals surface area contributed by atoms with Gasteiger partial charge in [-0.1, -0.05) is 42.5 Å². The second kappa shape index (κ2) is 10.5. The van der Waals surface area contributed by atoms with Crippen LogP contribution in [-0.4, -0.2) is 35.9 Å². The molecule has 1 saturated heterocycles. The number of esters is 2. The van der Waals surface area contributed by atoms with Crippen LogP contribution in [0.3, 0.4) is 0 Å². The number of carbonyl (C=O) groups excluding carboxylic acids is 2. The van der Waals surface area contributed by atoms with Gasteiger partial charge in [-0.25, -0.2) is 23.3 Å². The van der Waals surface area contributed by atoms with Crippen LogP contribution in [0.15, 0.2) is 91.0 Å². The fourth-order valence-corrected chi connectivity index (χ4v) is 4.97. The molecule has 3 aromatic carbocycles. The van der Waals surface area contributed by atoms with Crippen molar-refractivity contribution in [2.24, 2.45) is 5.92 Å². The van der Waals surface area contributed by atoms with E-state index in [1.54, 1.807) is 12.1 Å². The molecule has 0 aliphatic carbocycles. The Morgan fingerprint density at radius 3 is 2.05 bits per heavy atom. The molecule has 37 heavy (non-hydrogen) atoms. The van der Waals surface area contributed by atoms with Crippen molar-refractivity contribution in [3.05, 3.63) is 114 Å². The molecule has 0 N–H and O–H groups in total. The Morgan fingerprint density at radius 1 is 0.838 bits per heavy atom. The highest BCUT2D eigenvalue weighted by Crippen LogP contribution is 2.46. The highest BCUT2D eigenvalue weighted by atomic mass is 19.1. The van der Waals surface area contributed by atoms with E-state index in [4.69, 9.17) is 14.2 Å². The second-order valence-corrected chi connectivity index (χ2v) is 9.03. The van der Waals surface area contributed by atoms with E-state index in [0.29, 0.717) is 25.3 Å². The topological polar surface area (TPSA) is 65.1 Å². The van der Waals surface area contributed by atoms with Gasteiger partial charge in [-0.3, -0.25) is 0 Å². The largest absolute Gasteiger partial charge is 0.493 e. The first-order valence-corrected chi connectivity index (χ1v) is 12.0. The minimum absolute atomic E-state index is 0.0282. The zero-order valence-electron chi connectivity index (χ0n) is 19.9. The summed E-state index contributed by atoms with van der Waals surface area (Å²) in [5.41, 5.74) is 1.72. The van der Waals surface area contributed by atoms with Crippen molar-refractivity contribution < 1.29 is 32.6 Å². The van der Waals surface area contributed by atoms with Crippen molar-refractivity contribution in [1.82, 2.24) is 4.90 Å². The molecule has 1 spiro atoms. The summed E-state index contributed by atoms with van der Waals surface area (Å²) in [5.74, 6) is -4.65. The van der Waals surface area contributed by atoms with Crippen LogP contribution in [0.4, 0.5) is 8.78 Å². The maximum Gasteiger partial charge on any atom is 0.335 e. The Morgan fingerprint density at radius 2 is 1.43 bits per heavy atom. The van der Waals surface area contributed by atoms with Crippen molar-refractivity contribution >= 4 is 11.9 Å². The first-order valence-electron chi connectivity index (χ1n) is 12.0. The summed E-state index contributed by atoms with van der Waals surface area (Å²) < 4.78 is 45.1. The molecule has 2 heterocycles. The molecular weight excluding hydrogens is 480 g/mol. The van der Waals surface area contributed by atoms with Gasteiger partial charge >= 0.3 is 17.8 Å². The van der Waals surface area contributed by atoms with Crippen LogP contribution in [0, 0.1) is 17.6 Å². The first-order chi connectivity index (χ1) is 17.9. The van der Waals surface area contributed by atoms with Gasteiger partial charge in [0, 0.05) is 31.2 Å². The average molecular weight is 506 g/mol. The van der Waals surface area contributed by atoms with E-state index in [9.17, 15) is 18.4 Å². The van der Waals surface area contributed by atoms with Gasteiger partial charge in [0.25, 0.3) is 0 Å². The van der Waals surface area contributed by atoms with Crippen molar-refractivity contribution in [2.45, 2.75) is 24.8 Å². The molecule has 0 radical (unpaired) electrons. The Balaban J connectivity index is 1.57. The van der Waals surface area contributed by atoms with Gasteiger partial charge in [0.2, 0.25) is 0 Å². The molecule has 8 heteroatoms. The van der Waals surface area contributed by atoms with E-state index < -0.39 is 29.6 Å². The molecule has 0 saturated carbocycles. The molecule has 5 rings (SSSR count). The van der Waals surface area contributed by atoms with Crippen LogP contribution in [0.5, 0.6) is 5.75 Å². The lowest BCUT2D eigenvalue weighted by Crippen LogP contribution is -2.64. The minimum atomic E-state index is -1.80. The number of piperidine rings is 1. The predicted molar refractivity (Wildman–Crippen MR) is 130 cm³/mol. The first kappa shape index (κ1) is 24.6. The van der Waals surface area contributed by atoms with Gasteiger partial charge in [0.05, 0.1) is 5.92 Å². The molecule has 3 aromatic rings. The van der Waals surface area contributed by atoms with E-state index in [2.05, 4.69) is 0 Å². The van der Waals surface area contributed by atoms with Crippen LogP contribution in [0.2, 0.25) is 0 Å². The SMILES string of the molecule is O=C1C=CC(=O)OC2(O1)C(COc1ccc(F)cc1)C(c1ccc(F)cc1)CCN2Cc1ccccc1. The summed E-state index contributed by atoms with van der Waals surface area (Å²) in [7, 11) is 0. The van der Waals surface area contributed by atoms with E-state index in [1.165, 1.54) is 36.4 Å². The minimum Gasteiger partial charge on any atom is -0.493 e. The fraction of sp³-hybridized carbons (Fsp3) is 0.241. The van der Waals surface area contributed by atoms with Crippen molar-refractivity contribution in [3.63, 3.8) is 0 Å². The highest BCUT2D eigenvalue weighted by Gasteiger charge is 2.58. The third-order valence-corrected chi connectivity index (χ3v) is 6.71. The molecule has 1 fully saturated rings. The Bertz CT molecular complexity index is 1260. The van der Waals surface area contributed by atoms with Crippen LogP contribution >= 0.6 is 0 Å². The van der Waals surface area contributed by atoms with Gasteiger partial charge in [-0.2, -0.15) is 0 Å². The van der Waals surface area contributed by atoms with E-state index in [1.807, 2.05) is 35.2 Å². The number of benzene rings is 3. The number of likely N-dealkylation sites (tertiary alicyclic amines) is 1. The number of halogens is 2. The quantitative estimate of drug-likeness (QED) is 0.442. The Labute approximate surface area is 213 Å². The lowest BCUT2D eigenvalue weighted by Gasteiger charge is -2.51. The van der Waals surface area contributed by atoms with Crippen LogP contribution in [0.25, 0.3) is 0 Å². The predicted octanol–water partition coefficient (Wildman–Crippen LogP) is 4.96. The summed E-state index contributed by atoms with van der Waals surface area (Å²) in [5, 5.41) is 0. The summed E-state index contributed by atoms with van der Waals surface area (Å²) in [6.45, 7) is 0.731. The van der Waals surface area contributed by atoms with Gasteiger partial charge in [0.1, 0.15) is 24.0 Å². The Kier molecular flexibility index (Phi) is 7.01. The maximum absolute atomic E-state index is 13.8. The number of ether oxygens (including phenoxy) is 3. The molecule has 0 bridgehead atoms. The summed E-state index contributed by atoms with van der Waals surface area (Å²) in [6, 6.07) is 21.2. The second-order valence-electron chi connectivity index (χ2n) is 9.03. The number of nitrogens with zero attached hydrogens (tertiary/aromatic N) is 1. The molecule has 190 valence electrons. The molecular formula is C29H25F2NO5. The van der Waals surface area contributed by atoms with E-state index >= 15 is 0 Å². The normalized spacial score (nSPS) is 21.2. The van der Waals surface area contributed by atoms with Gasteiger partial charge in [-0.05, 0) is 53.9 Å². The monoisotopic (exact) mass is 505 g/mol. The number of hydrogen-bond acceptors (Lipinski definition) is 6.